The Balaban J connectivity index is 1.47. The summed E-state index contributed by atoms with van der Waals surface area (Å²) in [6, 6.07) is 10.1. The number of ether oxygens (including phenoxy) is 1. The summed E-state index contributed by atoms with van der Waals surface area (Å²) in [4.78, 5) is 27.5. The number of nitrogens with zero attached hydrogens (tertiary/aromatic N) is 1. The van der Waals surface area contributed by atoms with E-state index in [2.05, 4.69) is 6.58 Å². The fourth-order valence-corrected chi connectivity index (χ4v) is 4.88. The Kier molecular flexibility index (Phi) is 8.33. The number of benzene rings is 1. The van der Waals surface area contributed by atoms with Crippen molar-refractivity contribution in [3.8, 4) is 0 Å². The molecule has 29 heavy (non-hydrogen) atoms. The van der Waals surface area contributed by atoms with E-state index in [1.54, 1.807) is 0 Å². The maximum Gasteiger partial charge on any atom is 0.410 e. The number of rotatable bonds is 10. The highest BCUT2D eigenvalue weighted by molar-refractivity contribution is 5.81. The molecule has 0 aromatic heterocycles. The number of carbonyl (C=O) groups excluding carboxylic acids is 2. The summed E-state index contributed by atoms with van der Waals surface area (Å²) in [6.07, 6.45) is 12.7. The number of hydrogen-bond acceptors (Lipinski definition) is 3. The smallest absolute Gasteiger partial charge is 0.410 e. The van der Waals surface area contributed by atoms with Crippen LogP contribution < -0.4 is 0 Å². The highest BCUT2D eigenvalue weighted by Gasteiger charge is 2.43. The van der Waals surface area contributed by atoms with Crippen molar-refractivity contribution in [2.24, 2.45) is 5.92 Å². The van der Waals surface area contributed by atoms with Gasteiger partial charge in [0.15, 0.2) is 0 Å². The Bertz CT molecular complexity index is 658. The van der Waals surface area contributed by atoms with Crippen molar-refractivity contribution in [3.05, 3.63) is 48.6 Å². The molecule has 2 aliphatic heterocycles. The molecule has 3 rings (SSSR count). The van der Waals surface area contributed by atoms with Gasteiger partial charge in [0, 0.05) is 24.4 Å². The number of amides is 1. The molecule has 0 aliphatic carbocycles. The maximum atomic E-state index is 12.8. The van der Waals surface area contributed by atoms with Gasteiger partial charge in [-0.05, 0) is 56.9 Å². The number of fused-ring (bicyclic) bond motifs is 2. The molecule has 1 aromatic carbocycles. The van der Waals surface area contributed by atoms with Gasteiger partial charge in [0.1, 0.15) is 12.4 Å². The van der Waals surface area contributed by atoms with Crippen LogP contribution in [0.2, 0.25) is 0 Å². The van der Waals surface area contributed by atoms with Gasteiger partial charge in [0.2, 0.25) is 0 Å². The number of ketones is 1. The quantitative estimate of drug-likeness (QED) is 0.356. The van der Waals surface area contributed by atoms with Crippen LogP contribution in [-0.4, -0.2) is 28.9 Å². The summed E-state index contributed by atoms with van der Waals surface area (Å²) in [5.41, 5.74) is 1.00. The molecular weight excluding hydrogens is 362 g/mol. The SMILES string of the molecule is C=CCCCCCCC(=O)C1CC2CCCC(C1)N2C(=O)OCc1ccccc1. The molecule has 1 aromatic rings. The fourth-order valence-electron chi connectivity index (χ4n) is 4.88. The monoisotopic (exact) mass is 397 g/mol. The summed E-state index contributed by atoms with van der Waals surface area (Å²) < 4.78 is 5.61. The minimum atomic E-state index is -0.211. The van der Waals surface area contributed by atoms with Crippen molar-refractivity contribution in [3.63, 3.8) is 0 Å². The summed E-state index contributed by atoms with van der Waals surface area (Å²) in [5, 5.41) is 0. The van der Waals surface area contributed by atoms with Crippen LogP contribution in [0, 0.1) is 5.92 Å². The largest absolute Gasteiger partial charge is 0.445 e. The second kappa shape index (κ2) is 11.2. The third-order valence-electron chi connectivity index (χ3n) is 6.43. The van der Waals surface area contributed by atoms with Crippen LogP contribution in [0.3, 0.4) is 0 Å². The minimum absolute atomic E-state index is 0.122. The second-order valence-corrected chi connectivity index (χ2v) is 8.56. The molecular formula is C25H35NO3. The van der Waals surface area contributed by atoms with Crippen molar-refractivity contribution in [2.75, 3.05) is 0 Å². The third kappa shape index (κ3) is 6.19. The molecule has 2 fully saturated rings. The standard InChI is InChI=1S/C25H35NO3/c1-2-3-4-5-6-10-16-24(27)21-17-22-14-11-15-23(18-21)26(22)25(28)29-19-20-12-8-7-9-13-20/h2,7-9,12-13,21-23H,1,3-6,10-11,14-19H2. The Labute approximate surface area is 175 Å². The zero-order valence-electron chi connectivity index (χ0n) is 17.6. The summed E-state index contributed by atoms with van der Waals surface area (Å²) in [7, 11) is 0. The lowest BCUT2D eigenvalue weighted by atomic mass is 9.76. The predicted octanol–water partition coefficient (Wildman–Crippen LogP) is 6.05. The molecule has 1 amide bonds. The van der Waals surface area contributed by atoms with Crippen molar-refractivity contribution in [1.82, 2.24) is 4.90 Å². The van der Waals surface area contributed by atoms with Crippen molar-refractivity contribution >= 4 is 11.9 Å². The first-order valence-electron chi connectivity index (χ1n) is 11.3. The lowest BCUT2D eigenvalue weighted by molar-refractivity contribution is -0.126. The Morgan fingerprint density at radius 2 is 1.72 bits per heavy atom. The molecule has 0 N–H and O–H groups in total. The molecule has 2 bridgehead atoms. The summed E-state index contributed by atoms with van der Waals surface area (Å²) in [5.74, 6) is 0.527. The van der Waals surface area contributed by atoms with Crippen LogP contribution in [0.4, 0.5) is 4.79 Å². The second-order valence-electron chi connectivity index (χ2n) is 8.56. The van der Waals surface area contributed by atoms with Crippen LogP contribution in [0.5, 0.6) is 0 Å². The van der Waals surface area contributed by atoms with E-state index in [0.717, 1.165) is 56.9 Å². The van der Waals surface area contributed by atoms with Crippen molar-refractivity contribution in [1.29, 1.82) is 0 Å². The number of unbranched alkanes of at least 4 members (excludes halogenated alkanes) is 4. The van der Waals surface area contributed by atoms with Gasteiger partial charge in [-0.1, -0.05) is 49.2 Å². The molecule has 2 heterocycles. The predicted molar refractivity (Wildman–Crippen MR) is 116 cm³/mol. The summed E-state index contributed by atoms with van der Waals surface area (Å²) in [6.45, 7) is 4.06. The first-order chi connectivity index (χ1) is 14.2. The summed E-state index contributed by atoms with van der Waals surface area (Å²) >= 11 is 0. The lowest BCUT2D eigenvalue weighted by Crippen LogP contribution is -2.55. The van der Waals surface area contributed by atoms with E-state index in [9.17, 15) is 9.59 Å². The molecule has 158 valence electrons. The molecule has 2 atom stereocenters. The van der Waals surface area contributed by atoms with Gasteiger partial charge < -0.3 is 9.64 Å². The fraction of sp³-hybridized carbons (Fsp3) is 0.600. The average molecular weight is 398 g/mol. The molecule has 2 saturated heterocycles. The molecule has 0 radical (unpaired) electrons. The van der Waals surface area contributed by atoms with Gasteiger partial charge in [-0.15, -0.1) is 6.58 Å². The van der Waals surface area contributed by atoms with Gasteiger partial charge in [-0.25, -0.2) is 4.79 Å². The normalized spacial score (nSPS) is 23.4. The molecule has 2 aliphatic rings. The minimum Gasteiger partial charge on any atom is -0.445 e. The van der Waals surface area contributed by atoms with E-state index in [0.29, 0.717) is 18.8 Å². The first-order valence-corrected chi connectivity index (χ1v) is 11.3. The lowest BCUT2D eigenvalue weighted by Gasteiger charge is -2.47. The van der Waals surface area contributed by atoms with Crippen LogP contribution >= 0.6 is 0 Å². The molecule has 4 heteroatoms. The van der Waals surface area contributed by atoms with E-state index in [1.807, 2.05) is 41.3 Å². The molecule has 4 nitrogen and oxygen atoms in total. The molecule has 0 spiro atoms. The number of allylic oxidation sites excluding steroid dienone is 1. The number of carbonyl (C=O) groups is 2. The molecule has 2 unspecified atom stereocenters. The zero-order chi connectivity index (χ0) is 20.5. The number of piperidine rings is 2. The average Bonchev–Trinajstić information content (AvgIpc) is 2.74. The van der Waals surface area contributed by atoms with Gasteiger partial charge in [0.25, 0.3) is 0 Å². The first kappa shape index (κ1) is 21.6. The van der Waals surface area contributed by atoms with Crippen molar-refractivity contribution < 1.29 is 14.3 Å². The Morgan fingerprint density at radius 1 is 1.03 bits per heavy atom. The third-order valence-corrected chi connectivity index (χ3v) is 6.43. The van der Waals surface area contributed by atoms with E-state index in [1.165, 1.54) is 12.8 Å². The zero-order valence-corrected chi connectivity index (χ0v) is 17.6. The van der Waals surface area contributed by atoms with Crippen LogP contribution in [-0.2, 0) is 16.1 Å². The van der Waals surface area contributed by atoms with Crippen LogP contribution in [0.25, 0.3) is 0 Å². The van der Waals surface area contributed by atoms with Gasteiger partial charge in [0.05, 0.1) is 0 Å². The van der Waals surface area contributed by atoms with E-state index in [4.69, 9.17) is 4.74 Å². The van der Waals surface area contributed by atoms with Crippen LogP contribution in [0.15, 0.2) is 43.0 Å². The van der Waals surface area contributed by atoms with E-state index in [-0.39, 0.29) is 24.1 Å². The van der Waals surface area contributed by atoms with E-state index >= 15 is 0 Å². The van der Waals surface area contributed by atoms with Gasteiger partial charge in [-0.3, -0.25) is 4.79 Å². The van der Waals surface area contributed by atoms with Gasteiger partial charge in [-0.2, -0.15) is 0 Å². The molecule has 0 saturated carbocycles. The number of hydrogen-bond donors (Lipinski definition) is 0. The van der Waals surface area contributed by atoms with Crippen molar-refractivity contribution in [2.45, 2.75) is 89.3 Å². The number of Topliss-reactive ketones (excluding diaryl/α,β-unsaturated/α-hetero) is 1. The highest BCUT2D eigenvalue weighted by atomic mass is 16.6. The maximum absolute atomic E-state index is 12.8. The topological polar surface area (TPSA) is 46.6 Å². The Morgan fingerprint density at radius 3 is 2.41 bits per heavy atom. The Hall–Kier alpha value is -2.10. The highest BCUT2D eigenvalue weighted by Crippen LogP contribution is 2.38. The van der Waals surface area contributed by atoms with Crippen LogP contribution in [0.1, 0.15) is 76.2 Å². The van der Waals surface area contributed by atoms with E-state index < -0.39 is 0 Å². The van der Waals surface area contributed by atoms with Gasteiger partial charge >= 0.3 is 6.09 Å².